The summed E-state index contributed by atoms with van der Waals surface area (Å²) in [5.74, 6) is 1.21. The Morgan fingerprint density at radius 1 is 1.23 bits per heavy atom. The summed E-state index contributed by atoms with van der Waals surface area (Å²) in [6.45, 7) is 6.68. The molecule has 1 aliphatic heterocycles. The van der Waals surface area contributed by atoms with Gasteiger partial charge in [-0.3, -0.25) is 5.32 Å². The minimum Gasteiger partial charge on any atom is -0.475 e. The van der Waals surface area contributed by atoms with E-state index in [2.05, 4.69) is 25.7 Å². The molecule has 1 fully saturated rings. The molecule has 0 bridgehead atoms. The Bertz CT molecular complexity index is 1160. The van der Waals surface area contributed by atoms with Gasteiger partial charge in [0.15, 0.2) is 11.9 Å². The lowest BCUT2D eigenvalue weighted by Gasteiger charge is -2.22. The second kappa shape index (κ2) is 11.1. The van der Waals surface area contributed by atoms with Gasteiger partial charge in [0.1, 0.15) is 29.0 Å². The van der Waals surface area contributed by atoms with E-state index in [0.717, 1.165) is 19.3 Å². The van der Waals surface area contributed by atoms with Crippen molar-refractivity contribution in [1.82, 2.24) is 19.6 Å². The molecular weight excluding hydrogens is 476 g/mol. The second-order valence-corrected chi connectivity index (χ2v) is 9.30. The SMILES string of the molecule is CC(C)(C)OC(=O)Nc1cc(Nc2cc(Cl)nc3ccnn23)nc(OCCOC2CCCCO2)c1. The molecule has 4 heterocycles. The van der Waals surface area contributed by atoms with Gasteiger partial charge in [0.25, 0.3) is 0 Å². The van der Waals surface area contributed by atoms with Crippen LogP contribution in [0.3, 0.4) is 0 Å². The number of anilines is 3. The van der Waals surface area contributed by atoms with Gasteiger partial charge < -0.3 is 24.3 Å². The number of hydrogen-bond donors (Lipinski definition) is 2. The summed E-state index contributed by atoms with van der Waals surface area (Å²) in [5.41, 5.74) is 0.358. The van der Waals surface area contributed by atoms with Crippen molar-refractivity contribution in [2.45, 2.75) is 51.9 Å². The molecule has 0 saturated carbocycles. The van der Waals surface area contributed by atoms with Crippen LogP contribution in [0, 0.1) is 0 Å². The van der Waals surface area contributed by atoms with E-state index in [1.165, 1.54) is 0 Å². The van der Waals surface area contributed by atoms with Crippen molar-refractivity contribution in [1.29, 1.82) is 0 Å². The van der Waals surface area contributed by atoms with Gasteiger partial charge >= 0.3 is 6.09 Å². The number of rotatable bonds is 8. The highest BCUT2D eigenvalue weighted by molar-refractivity contribution is 6.29. The van der Waals surface area contributed by atoms with Crippen molar-refractivity contribution in [3.63, 3.8) is 0 Å². The Morgan fingerprint density at radius 3 is 2.86 bits per heavy atom. The normalized spacial score (nSPS) is 16.2. The summed E-state index contributed by atoms with van der Waals surface area (Å²) < 4.78 is 24.0. The number of amides is 1. The first-order valence-electron chi connectivity index (χ1n) is 11.4. The molecule has 188 valence electrons. The van der Waals surface area contributed by atoms with Crippen molar-refractivity contribution in [3.8, 4) is 5.88 Å². The zero-order chi connectivity index (χ0) is 24.8. The summed E-state index contributed by atoms with van der Waals surface area (Å²) in [7, 11) is 0. The molecule has 3 aromatic heterocycles. The lowest BCUT2D eigenvalue weighted by atomic mass is 10.2. The largest absolute Gasteiger partial charge is 0.475 e. The fourth-order valence-electron chi connectivity index (χ4n) is 3.41. The first-order chi connectivity index (χ1) is 16.7. The zero-order valence-corrected chi connectivity index (χ0v) is 20.7. The van der Waals surface area contributed by atoms with Crippen molar-refractivity contribution in [2.24, 2.45) is 0 Å². The third-order valence-corrected chi connectivity index (χ3v) is 5.00. The first-order valence-corrected chi connectivity index (χ1v) is 11.8. The van der Waals surface area contributed by atoms with Crippen LogP contribution in [0.2, 0.25) is 5.15 Å². The molecular formula is C23H29ClN6O5. The molecule has 11 nitrogen and oxygen atoms in total. The maximum Gasteiger partial charge on any atom is 0.412 e. The van der Waals surface area contributed by atoms with Crippen LogP contribution in [0.1, 0.15) is 40.0 Å². The average Bonchev–Trinajstić information content (AvgIpc) is 3.25. The third-order valence-electron chi connectivity index (χ3n) is 4.81. The zero-order valence-electron chi connectivity index (χ0n) is 19.9. The fourth-order valence-corrected chi connectivity index (χ4v) is 3.60. The Morgan fingerprint density at radius 2 is 2.09 bits per heavy atom. The molecule has 0 aliphatic carbocycles. The smallest absolute Gasteiger partial charge is 0.412 e. The van der Waals surface area contributed by atoms with Crippen molar-refractivity contribution in [2.75, 3.05) is 30.5 Å². The molecule has 35 heavy (non-hydrogen) atoms. The number of ether oxygens (including phenoxy) is 4. The minimum absolute atomic E-state index is 0.203. The van der Waals surface area contributed by atoms with Crippen LogP contribution >= 0.6 is 11.6 Å². The maximum atomic E-state index is 12.3. The molecule has 1 amide bonds. The molecule has 4 rings (SSSR count). The van der Waals surface area contributed by atoms with Crippen LogP contribution in [-0.4, -0.2) is 57.4 Å². The molecule has 0 radical (unpaired) electrons. The monoisotopic (exact) mass is 504 g/mol. The fraction of sp³-hybridized carbons (Fsp3) is 0.478. The van der Waals surface area contributed by atoms with E-state index < -0.39 is 11.7 Å². The number of nitrogens with zero attached hydrogens (tertiary/aromatic N) is 4. The molecule has 1 saturated heterocycles. The quantitative estimate of drug-likeness (QED) is 0.329. The van der Waals surface area contributed by atoms with E-state index in [-0.39, 0.29) is 18.8 Å². The maximum absolute atomic E-state index is 12.3. The summed E-state index contributed by atoms with van der Waals surface area (Å²) in [6, 6.07) is 6.60. The number of carbonyl (C=O) groups excluding carboxylic acids is 1. The van der Waals surface area contributed by atoms with E-state index in [1.807, 2.05) is 0 Å². The van der Waals surface area contributed by atoms with Crippen molar-refractivity contribution < 1.29 is 23.7 Å². The first kappa shape index (κ1) is 25.0. The molecule has 12 heteroatoms. The van der Waals surface area contributed by atoms with Gasteiger partial charge in [-0.2, -0.15) is 14.6 Å². The van der Waals surface area contributed by atoms with Crippen LogP contribution in [0.5, 0.6) is 5.88 Å². The highest BCUT2D eigenvalue weighted by atomic mass is 35.5. The van der Waals surface area contributed by atoms with E-state index in [0.29, 0.717) is 41.3 Å². The van der Waals surface area contributed by atoms with Crippen LogP contribution < -0.4 is 15.4 Å². The van der Waals surface area contributed by atoms with Crippen LogP contribution in [0.4, 0.5) is 22.1 Å². The van der Waals surface area contributed by atoms with Gasteiger partial charge in [-0.05, 0) is 40.0 Å². The summed E-state index contributed by atoms with van der Waals surface area (Å²) in [6.07, 6.45) is 3.83. The van der Waals surface area contributed by atoms with Crippen molar-refractivity contribution in [3.05, 3.63) is 35.6 Å². The van der Waals surface area contributed by atoms with E-state index in [9.17, 15) is 4.79 Å². The lowest BCUT2D eigenvalue weighted by Crippen LogP contribution is -2.27. The third kappa shape index (κ3) is 7.41. The van der Waals surface area contributed by atoms with Crippen LogP contribution in [-0.2, 0) is 14.2 Å². The molecule has 0 spiro atoms. The predicted molar refractivity (Wildman–Crippen MR) is 130 cm³/mol. The minimum atomic E-state index is -0.643. The molecule has 2 N–H and O–H groups in total. The highest BCUT2D eigenvalue weighted by Gasteiger charge is 2.18. The number of halogens is 1. The van der Waals surface area contributed by atoms with Gasteiger partial charge in [-0.15, -0.1) is 0 Å². The van der Waals surface area contributed by atoms with Gasteiger partial charge in [0.05, 0.1) is 18.5 Å². The summed E-state index contributed by atoms with van der Waals surface area (Å²) >= 11 is 6.15. The Balaban J connectivity index is 1.49. The predicted octanol–water partition coefficient (Wildman–Crippen LogP) is 4.79. The number of pyridine rings is 1. The van der Waals surface area contributed by atoms with Gasteiger partial charge in [0, 0.05) is 30.9 Å². The lowest BCUT2D eigenvalue weighted by molar-refractivity contribution is -0.165. The van der Waals surface area contributed by atoms with E-state index >= 15 is 0 Å². The molecule has 0 aromatic carbocycles. The number of fused-ring (bicyclic) bond motifs is 1. The van der Waals surface area contributed by atoms with Gasteiger partial charge in [0.2, 0.25) is 5.88 Å². The highest BCUT2D eigenvalue weighted by Crippen LogP contribution is 2.25. The van der Waals surface area contributed by atoms with Gasteiger partial charge in [-0.1, -0.05) is 11.6 Å². The average molecular weight is 505 g/mol. The topological polar surface area (TPSA) is 121 Å². The van der Waals surface area contributed by atoms with E-state index in [1.54, 1.807) is 55.7 Å². The Labute approximate surface area is 208 Å². The van der Waals surface area contributed by atoms with Crippen molar-refractivity contribution >= 4 is 40.7 Å². The molecule has 1 unspecified atom stereocenters. The standard InChI is InChI=1S/C23H29ClN6O5/c1-23(2,3)35-22(31)26-15-12-17(28-19-14-16(24)27-18-7-8-25-30(18)19)29-20(13-15)32-10-11-34-21-6-4-5-9-33-21/h7-8,12-14,21H,4-6,9-11H2,1-3H3,(H2,26,28,29,31). The molecule has 1 atom stereocenters. The number of aromatic nitrogens is 4. The number of hydrogen-bond acceptors (Lipinski definition) is 9. The molecule has 3 aromatic rings. The van der Waals surface area contributed by atoms with Crippen LogP contribution in [0.25, 0.3) is 5.65 Å². The molecule has 1 aliphatic rings. The Kier molecular flexibility index (Phi) is 7.89. The van der Waals surface area contributed by atoms with E-state index in [4.69, 9.17) is 30.5 Å². The number of carbonyl (C=O) groups is 1. The summed E-state index contributed by atoms with van der Waals surface area (Å²) in [5, 5.41) is 10.4. The number of nitrogens with one attached hydrogen (secondary N) is 2. The second-order valence-electron chi connectivity index (χ2n) is 8.91. The summed E-state index contributed by atoms with van der Waals surface area (Å²) in [4.78, 5) is 21.1. The van der Waals surface area contributed by atoms with Gasteiger partial charge in [-0.25, -0.2) is 9.78 Å². The van der Waals surface area contributed by atoms with Crippen LogP contribution in [0.15, 0.2) is 30.5 Å². The Hall–Kier alpha value is -3.15.